The van der Waals surface area contributed by atoms with E-state index in [0.717, 1.165) is 11.8 Å². The van der Waals surface area contributed by atoms with Crippen molar-refractivity contribution in [1.29, 1.82) is 0 Å². The third-order valence-electron chi connectivity index (χ3n) is 4.04. The quantitative estimate of drug-likeness (QED) is 0.607. The predicted octanol–water partition coefficient (Wildman–Crippen LogP) is 4.86. The molecule has 104 valence electrons. The standard InChI is InChI=1S/C16H35N/c1-8-16(9-2,12-17-14(5)6)11-15(7)10-13(3)4/h13-15,17H,8-12H2,1-7H3. The normalized spacial score (nSPS) is 14.6. The summed E-state index contributed by atoms with van der Waals surface area (Å²) in [5, 5.41) is 3.65. The van der Waals surface area contributed by atoms with Crippen molar-refractivity contribution in [3.05, 3.63) is 0 Å². The molecule has 1 unspecified atom stereocenters. The minimum atomic E-state index is 0.512. The van der Waals surface area contributed by atoms with Gasteiger partial charge >= 0.3 is 0 Å². The van der Waals surface area contributed by atoms with Gasteiger partial charge in [0.05, 0.1) is 0 Å². The van der Waals surface area contributed by atoms with Crippen LogP contribution in [0.15, 0.2) is 0 Å². The first-order chi connectivity index (χ1) is 7.85. The lowest BCUT2D eigenvalue weighted by atomic mass is 9.73. The fourth-order valence-electron chi connectivity index (χ4n) is 2.91. The van der Waals surface area contributed by atoms with Crippen molar-refractivity contribution in [3.8, 4) is 0 Å². The number of nitrogens with one attached hydrogen (secondary N) is 1. The Kier molecular flexibility index (Phi) is 8.11. The number of hydrogen-bond donors (Lipinski definition) is 1. The van der Waals surface area contributed by atoms with E-state index in [2.05, 4.69) is 53.8 Å². The summed E-state index contributed by atoms with van der Waals surface area (Å²) >= 11 is 0. The van der Waals surface area contributed by atoms with Gasteiger partial charge in [-0.15, -0.1) is 0 Å². The molecule has 0 heterocycles. The van der Waals surface area contributed by atoms with Gasteiger partial charge in [0.15, 0.2) is 0 Å². The lowest BCUT2D eigenvalue weighted by Gasteiger charge is -2.36. The Hall–Kier alpha value is -0.0400. The van der Waals surface area contributed by atoms with Crippen LogP contribution >= 0.6 is 0 Å². The van der Waals surface area contributed by atoms with Crippen molar-refractivity contribution in [2.75, 3.05) is 6.54 Å². The molecule has 0 aromatic rings. The molecule has 0 aromatic heterocycles. The Morgan fingerprint density at radius 2 is 1.47 bits per heavy atom. The molecule has 0 aliphatic heterocycles. The SMILES string of the molecule is CCC(CC)(CNC(C)C)CC(C)CC(C)C. The van der Waals surface area contributed by atoms with Crippen LogP contribution in [0.5, 0.6) is 0 Å². The van der Waals surface area contributed by atoms with Gasteiger partial charge in [-0.25, -0.2) is 0 Å². The first-order valence-electron chi connectivity index (χ1n) is 7.58. The molecule has 1 heteroatoms. The molecule has 0 bridgehead atoms. The molecule has 0 aliphatic carbocycles. The number of rotatable bonds is 9. The van der Waals surface area contributed by atoms with E-state index in [-0.39, 0.29) is 0 Å². The van der Waals surface area contributed by atoms with E-state index in [1.54, 1.807) is 0 Å². The van der Waals surface area contributed by atoms with Crippen molar-refractivity contribution >= 4 is 0 Å². The Labute approximate surface area is 110 Å². The topological polar surface area (TPSA) is 12.0 Å². The fourth-order valence-corrected chi connectivity index (χ4v) is 2.91. The lowest BCUT2D eigenvalue weighted by Crippen LogP contribution is -2.38. The molecule has 0 fully saturated rings. The van der Waals surface area contributed by atoms with Crippen LogP contribution in [-0.2, 0) is 0 Å². The summed E-state index contributed by atoms with van der Waals surface area (Å²) in [6.07, 6.45) is 5.33. The van der Waals surface area contributed by atoms with Crippen molar-refractivity contribution in [1.82, 2.24) is 5.32 Å². The van der Waals surface area contributed by atoms with E-state index < -0.39 is 0 Å². The highest BCUT2D eigenvalue weighted by Crippen LogP contribution is 2.35. The maximum absolute atomic E-state index is 3.65. The second-order valence-electron chi connectivity index (χ2n) is 6.68. The molecule has 0 rings (SSSR count). The Morgan fingerprint density at radius 3 is 1.82 bits per heavy atom. The van der Waals surface area contributed by atoms with Crippen LogP contribution in [-0.4, -0.2) is 12.6 Å². The van der Waals surface area contributed by atoms with Crippen LogP contribution in [0.4, 0.5) is 0 Å². The molecule has 1 N–H and O–H groups in total. The summed E-state index contributed by atoms with van der Waals surface area (Å²) in [6, 6.07) is 0.605. The Morgan fingerprint density at radius 1 is 0.941 bits per heavy atom. The summed E-state index contributed by atoms with van der Waals surface area (Å²) in [5.74, 6) is 1.68. The van der Waals surface area contributed by atoms with E-state index in [1.165, 1.54) is 32.2 Å². The Balaban J connectivity index is 4.37. The van der Waals surface area contributed by atoms with E-state index in [0.29, 0.717) is 11.5 Å². The van der Waals surface area contributed by atoms with Gasteiger partial charge in [0, 0.05) is 12.6 Å². The summed E-state index contributed by atoms with van der Waals surface area (Å²) < 4.78 is 0. The smallest absolute Gasteiger partial charge is 0.00106 e. The molecule has 0 radical (unpaired) electrons. The molecule has 1 nitrogen and oxygen atoms in total. The van der Waals surface area contributed by atoms with E-state index in [4.69, 9.17) is 0 Å². The van der Waals surface area contributed by atoms with Crippen LogP contribution in [0.3, 0.4) is 0 Å². The third-order valence-corrected chi connectivity index (χ3v) is 4.04. The van der Waals surface area contributed by atoms with Gasteiger partial charge in [0.2, 0.25) is 0 Å². The summed E-state index contributed by atoms with van der Waals surface area (Å²) in [4.78, 5) is 0. The zero-order valence-corrected chi connectivity index (χ0v) is 13.3. The van der Waals surface area contributed by atoms with Crippen LogP contribution in [0.25, 0.3) is 0 Å². The third kappa shape index (κ3) is 7.08. The van der Waals surface area contributed by atoms with Crippen molar-refractivity contribution in [2.45, 2.75) is 80.2 Å². The first kappa shape index (κ1) is 17.0. The predicted molar refractivity (Wildman–Crippen MR) is 79.4 cm³/mol. The van der Waals surface area contributed by atoms with Gasteiger partial charge in [-0.3, -0.25) is 0 Å². The first-order valence-corrected chi connectivity index (χ1v) is 7.58. The second-order valence-corrected chi connectivity index (χ2v) is 6.68. The highest BCUT2D eigenvalue weighted by atomic mass is 14.9. The Bertz CT molecular complexity index is 180. The van der Waals surface area contributed by atoms with Gasteiger partial charge in [0.25, 0.3) is 0 Å². The minimum Gasteiger partial charge on any atom is -0.314 e. The zero-order valence-electron chi connectivity index (χ0n) is 13.3. The van der Waals surface area contributed by atoms with Gasteiger partial charge in [-0.1, -0.05) is 48.5 Å². The van der Waals surface area contributed by atoms with Crippen molar-refractivity contribution in [3.63, 3.8) is 0 Å². The van der Waals surface area contributed by atoms with Crippen LogP contribution in [0.2, 0.25) is 0 Å². The maximum atomic E-state index is 3.65. The summed E-state index contributed by atoms with van der Waals surface area (Å²) in [7, 11) is 0. The van der Waals surface area contributed by atoms with Gasteiger partial charge in [-0.05, 0) is 42.9 Å². The highest BCUT2D eigenvalue weighted by Gasteiger charge is 2.28. The molecule has 0 amide bonds. The molecule has 0 aliphatic rings. The van der Waals surface area contributed by atoms with Crippen LogP contribution in [0, 0.1) is 17.3 Å². The zero-order chi connectivity index (χ0) is 13.5. The molecular weight excluding hydrogens is 206 g/mol. The van der Waals surface area contributed by atoms with E-state index in [1.807, 2.05) is 0 Å². The average molecular weight is 241 g/mol. The average Bonchev–Trinajstić information content (AvgIpc) is 2.23. The summed E-state index contributed by atoms with van der Waals surface area (Å²) in [5.41, 5.74) is 0.512. The molecule has 0 saturated carbocycles. The maximum Gasteiger partial charge on any atom is 0.00106 e. The largest absolute Gasteiger partial charge is 0.314 e. The monoisotopic (exact) mass is 241 g/mol. The lowest BCUT2D eigenvalue weighted by molar-refractivity contribution is 0.177. The summed E-state index contributed by atoms with van der Waals surface area (Å²) in [6.45, 7) is 17.5. The molecule has 0 saturated heterocycles. The van der Waals surface area contributed by atoms with Crippen LogP contribution < -0.4 is 5.32 Å². The molecule has 0 aromatic carbocycles. The fraction of sp³-hybridized carbons (Fsp3) is 1.00. The highest BCUT2D eigenvalue weighted by molar-refractivity contribution is 4.82. The minimum absolute atomic E-state index is 0.512. The van der Waals surface area contributed by atoms with Gasteiger partial charge in [-0.2, -0.15) is 0 Å². The molecule has 17 heavy (non-hydrogen) atoms. The van der Waals surface area contributed by atoms with E-state index >= 15 is 0 Å². The molecule has 1 atom stereocenters. The van der Waals surface area contributed by atoms with Crippen molar-refractivity contribution < 1.29 is 0 Å². The van der Waals surface area contributed by atoms with Crippen LogP contribution in [0.1, 0.15) is 74.1 Å². The number of hydrogen-bond acceptors (Lipinski definition) is 1. The second kappa shape index (κ2) is 8.13. The van der Waals surface area contributed by atoms with E-state index in [9.17, 15) is 0 Å². The van der Waals surface area contributed by atoms with Gasteiger partial charge in [0.1, 0.15) is 0 Å². The molecular formula is C16H35N. The van der Waals surface area contributed by atoms with Crippen molar-refractivity contribution in [2.24, 2.45) is 17.3 Å². The molecule has 0 spiro atoms. The van der Waals surface area contributed by atoms with Gasteiger partial charge < -0.3 is 5.32 Å².